The van der Waals surface area contributed by atoms with E-state index in [1.807, 2.05) is 0 Å². The summed E-state index contributed by atoms with van der Waals surface area (Å²) in [6, 6.07) is 0. The van der Waals surface area contributed by atoms with Crippen molar-refractivity contribution in [2.75, 3.05) is 6.61 Å². The molecule has 6 heteroatoms. The molecule has 1 N–H and O–H groups in total. The van der Waals surface area contributed by atoms with Crippen LogP contribution in [0.1, 0.15) is 5.56 Å². The average Bonchev–Trinajstić information content (AvgIpc) is 2.19. The average molecular weight is 294 g/mol. The van der Waals surface area contributed by atoms with E-state index in [1.165, 1.54) is 0 Å². The highest BCUT2D eigenvalue weighted by atomic mass is 35.5. The molecule has 0 aromatic heterocycles. The maximum atomic E-state index is 8.78. The van der Waals surface area contributed by atoms with Crippen molar-refractivity contribution >= 4 is 58.0 Å². The summed E-state index contributed by atoms with van der Waals surface area (Å²) < 4.78 is 0. The minimum Gasteiger partial charge on any atom is -0.396 e. The van der Waals surface area contributed by atoms with Gasteiger partial charge in [-0.3, -0.25) is 0 Å². The zero-order valence-electron chi connectivity index (χ0n) is 6.75. The minimum atomic E-state index is -0.0896. The Bertz CT molecular complexity index is 334. The number of hydrogen-bond donors (Lipinski definition) is 1. The van der Waals surface area contributed by atoms with Crippen LogP contribution >= 0.6 is 58.0 Å². The molecule has 0 bridgehead atoms. The first-order valence-corrected chi connectivity index (χ1v) is 5.50. The summed E-state index contributed by atoms with van der Waals surface area (Å²) in [5.41, 5.74) is 0.509. The van der Waals surface area contributed by atoms with Gasteiger partial charge < -0.3 is 5.11 Å². The van der Waals surface area contributed by atoms with Crippen molar-refractivity contribution in [3.05, 3.63) is 30.7 Å². The van der Waals surface area contributed by atoms with Crippen LogP contribution in [0, 0.1) is 0 Å². The summed E-state index contributed by atoms with van der Waals surface area (Å²) in [5, 5.41) is 9.70. The van der Waals surface area contributed by atoms with E-state index in [-0.39, 0.29) is 38.1 Å². The lowest BCUT2D eigenvalue weighted by Crippen LogP contribution is -1.95. The maximum Gasteiger partial charge on any atom is 0.0809 e. The lowest BCUT2D eigenvalue weighted by Gasteiger charge is -2.10. The van der Waals surface area contributed by atoms with E-state index < -0.39 is 0 Å². The van der Waals surface area contributed by atoms with Crippen molar-refractivity contribution in [2.24, 2.45) is 0 Å². The van der Waals surface area contributed by atoms with Crippen molar-refractivity contribution in [3.63, 3.8) is 0 Å². The van der Waals surface area contributed by atoms with Crippen LogP contribution in [0.3, 0.4) is 0 Å². The third-order valence-electron chi connectivity index (χ3n) is 1.66. The fourth-order valence-electron chi connectivity index (χ4n) is 0.982. The number of halogens is 5. The van der Waals surface area contributed by atoms with E-state index in [1.54, 1.807) is 0 Å². The molecule has 78 valence electrons. The smallest absolute Gasteiger partial charge is 0.0809 e. The number of rotatable bonds is 2. The summed E-state index contributed by atoms with van der Waals surface area (Å²) in [6.07, 6.45) is 0.286. The predicted molar refractivity (Wildman–Crippen MR) is 62.3 cm³/mol. The first kappa shape index (κ1) is 12.7. The molecule has 0 fully saturated rings. The van der Waals surface area contributed by atoms with E-state index in [9.17, 15) is 0 Å². The van der Waals surface area contributed by atoms with Crippen molar-refractivity contribution in [1.29, 1.82) is 0 Å². The van der Waals surface area contributed by atoms with E-state index in [2.05, 4.69) is 0 Å². The fraction of sp³-hybridized carbons (Fsp3) is 0.250. The molecule has 0 amide bonds. The van der Waals surface area contributed by atoms with Gasteiger partial charge in [0.25, 0.3) is 0 Å². The molecule has 1 aromatic rings. The van der Waals surface area contributed by atoms with Crippen LogP contribution in [0.15, 0.2) is 0 Å². The molecule has 0 unspecified atom stereocenters. The summed E-state index contributed by atoms with van der Waals surface area (Å²) in [4.78, 5) is 0. The monoisotopic (exact) mass is 292 g/mol. The minimum absolute atomic E-state index is 0.0896. The van der Waals surface area contributed by atoms with E-state index in [4.69, 9.17) is 63.1 Å². The maximum absolute atomic E-state index is 8.78. The third kappa shape index (κ3) is 2.24. The predicted octanol–water partition coefficient (Wildman–Crippen LogP) is 4.49. The molecule has 1 nitrogen and oxygen atoms in total. The second kappa shape index (κ2) is 5.11. The van der Waals surface area contributed by atoms with Gasteiger partial charge in [0.05, 0.1) is 25.1 Å². The van der Waals surface area contributed by atoms with Crippen molar-refractivity contribution in [3.8, 4) is 0 Å². The Balaban J connectivity index is 3.43. The fourth-order valence-corrected chi connectivity index (χ4v) is 2.35. The molecule has 0 atom stereocenters. The zero-order valence-corrected chi connectivity index (χ0v) is 10.5. The molecule has 0 aliphatic rings. The molecule has 0 aliphatic heterocycles. The van der Waals surface area contributed by atoms with Crippen LogP contribution in [-0.4, -0.2) is 11.7 Å². The Kier molecular flexibility index (Phi) is 4.63. The molecule has 0 saturated carbocycles. The highest BCUT2D eigenvalue weighted by molar-refractivity contribution is 6.55. The van der Waals surface area contributed by atoms with E-state index >= 15 is 0 Å². The highest BCUT2D eigenvalue weighted by Gasteiger charge is 2.18. The van der Waals surface area contributed by atoms with Gasteiger partial charge in [-0.2, -0.15) is 0 Å². The molecular weight excluding hydrogens is 289 g/mol. The Morgan fingerprint density at radius 1 is 0.714 bits per heavy atom. The van der Waals surface area contributed by atoms with Gasteiger partial charge in [0, 0.05) is 6.61 Å². The van der Waals surface area contributed by atoms with Crippen molar-refractivity contribution in [2.45, 2.75) is 6.42 Å². The van der Waals surface area contributed by atoms with Gasteiger partial charge in [-0.05, 0) is 12.0 Å². The summed E-state index contributed by atoms with van der Waals surface area (Å²) in [7, 11) is 0. The second-order valence-corrected chi connectivity index (χ2v) is 4.41. The van der Waals surface area contributed by atoms with Crippen LogP contribution in [0.2, 0.25) is 25.1 Å². The summed E-state index contributed by atoms with van der Waals surface area (Å²) in [5.74, 6) is 0. The molecule has 1 aromatic carbocycles. The molecule has 0 spiro atoms. The summed E-state index contributed by atoms with van der Waals surface area (Å²) >= 11 is 29.1. The SMILES string of the molecule is OCCc1c(Cl)c(Cl)c(Cl)c(Cl)c1Cl. The summed E-state index contributed by atoms with van der Waals surface area (Å²) in [6.45, 7) is -0.0896. The van der Waals surface area contributed by atoms with Crippen molar-refractivity contribution < 1.29 is 5.11 Å². The Morgan fingerprint density at radius 2 is 1.07 bits per heavy atom. The first-order valence-electron chi connectivity index (χ1n) is 3.61. The van der Waals surface area contributed by atoms with Crippen LogP contribution in [0.4, 0.5) is 0 Å². The quantitative estimate of drug-likeness (QED) is 0.629. The van der Waals surface area contributed by atoms with Gasteiger partial charge in [-0.15, -0.1) is 0 Å². The van der Waals surface area contributed by atoms with E-state index in [0.29, 0.717) is 5.56 Å². The Morgan fingerprint density at radius 3 is 1.43 bits per heavy atom. The standard InChI is InChI=1S/C8H5Cl5O/c9-4-3(1-2-14)5(10)7(12)8(13)6(4)11/h14H,1-2H2. The second-order valence-electron chi connectivity index (χ2n) is 2.52. The Hall–Kier alpha value is 0.630. The van der Waals surface area contributed by atoms with Gasteiger partial charge in [-0.25, -0.2) is 0 Å². The molecule has 0 aliphatic carbocycles. The third-order valence-corrected chi connectivity index (χ3v) is 4.02. The number of aliphatic hydroxyl groups is 1. The van der Waals surface area contributed by atoms with Crippen molar-refractivity contribution in [1.82, 2.24) is 0 Å². The van der Waals surface area contributed by atoms with Crippen LogP contribution < -0.4 is 0 Å². The molecule has 14 heavy (non-hydrogen) atoms. The van der Waals surface area contributed by atoms with E-state index in [0.717, 1.165) is 0 Å². The zero-order chi connectivity index (χ0) is 10.9. The van der Waals surface area contributed by atoms with Crippen LogP contribution in [-0.2, 0) is 6.42 Å². The molecule has 1 rings (SSSR count). The molecular formula is C8H5Cl5O. The van der Waals surface area contributed by atoms with Gasteiger partial charge in [0.1, 0.15) is 0 Å². The molecule has 0 saturated heterocycles. The number of benzene rings is 1. The van der Waals surface area contributed by atoms with Gasteiger partial charge in [0.2, 0.25) is 0 Å². The Labute approximate surface area is 106 Å². The normalized spacial score (nSPS) is 10.7. The van der Waals surface area contributed by atoms with Crippen LogP contribution in [0.5, 0.6) is 0 Å². The number of hydrogen-bond acceptors (Lipinski definition) is 1. The lowest BCUT2D eigenvalue weighted by atomic mass is 10.1. The highest BCUT2D eigenvalue weighted by Crippen LogP contribution is 2.43. The number of aliphatic hydroxyl groups excluding tert-OH is 1. The van der Waals surface area contributed by atoms with Gasteiger partial charge >= 0.3 is 0 Å². The van der Waals surface area contributed by atoms with Crippen LogP contribution in [0.25, 0.3) is 0 Å². The lowest BCUT2D eigenvalue weighted by molar-refractivity contribution is 0.299. The topological polar surface area (TPSA) is 20.2 Å². The largest absolute Gasteiger partial charge is 0.396 e. The first-order chi connectivity index (χ1) is 6.50. The van der Waals surface area contributed by atoms with Gasteiger partial charge in [-0.1, -0.05) is 58.0 Å². The molecule has 0 heterocycles. The van der Waals surface area contributed by atoms with Gasteiger partial charge in [0.15, 0.2) is 0 Å². The molecule has 0 radical (unpaired) electrons.